The summed E-state index contributed by atoms with van der Waals surface area (Å²) in [5.41, 5.74) is 5.31. The minimum atomic E-state index is -5.08. The first-order valence-corrected chi connectivity index (χ1v) is 17.1. The number of likely N-dealkylation sites (N-methyl/N-ethyl adjacent to an activating group) is 1. The third-order valence-corrected chi connectivity index (χ3v) is 8.91. The van der Waals surface area contributed by atoms with Gasteiger partial charge in [-0.1, -0.05) is 42.8 Å². The molecule has 1 unspecified atom stereocenters. The van der Waals surface area contributed by atoms with Gasteiger partial charge in [-0.2, -0.15) is 13.2 Å². The van der Waals surface area contributed by atoms with Crippen LogP contribution in [-0.2, 0) is 24.4 Å². The number of carbonyl (C=O) groups excluding carboxylic acids is 1. The number of hydrogen-bond acceptors (Lipinski definition) is 5. The minimum absolute atomic E-state index is 0. The second-order valence-electron chi connectivity index (χ2n) is 14.4. The summed E-state index contributed by atoms with van der Waals surface area (Å²) in [5, 5.41) is 13.7. The van der Waals surface area contributed by atoms with Gasteiger partial charge in [-0.05, 0) is 78.9 Å². The summed E-state index contributed by atoms with van der Waals surface area (Å²) in [6.45, 7) is 9.49. The van der Waals surface area contributed by atoms with E-state index < -0.39 is 12.1 Å². The molecule has 0 aliphatic carbocycles. The smallest absolute Gasteiger partial charge is 0.490 e. The number of halogens is 5. The molecule has 5 rings (SSSR count). The van der Waals surface area contributed by atoms with Gasteiger partial charge in [-0.3, -0.25) is 14.6 Å². The van der Waals surface area contributed by atoms with Crippen molar-refractivity contribution >= 4 is 11.9 Å². The Morgan fingerprint density at radius 3 is 2.29 bits per heavy atom. The van der Waals surface area contributed by atoms with Crippen LogP contribution in [0.15, 0.2) is 66.7 Å². The molecule has 8 nitrogen and oxygen atoms in total. The van der Waals surface area contributed by atoms with E-state index >= 15 is 4.39 Å². The molecule has 0 saturated carbocycles. The van der Waals surface area contributed by atoms with E-state index in [1.807, 2.05) is 36.4 Å². The molecule has 3 N–H and O–H groups in total. The molecule has 2 aliphatic heterocycles. The van der Waals surface area contributed by atoms with E-state index in [0.29, 0.717) is 29.8 Å². The number of carbonyl (C=O) groups is 2. The molecule has 0 aromatic heterocycles. The van der Waals surface area contributed by atoms with Crippen molar-refractivity contribution in [1.29, 1.82) is 0 Å². The lowest BCUT2D eigenvalue weighted by Gasteiger charge is -2.39. The van der Waals surface area contributed by atoms with Crippen LogP contribution >= 0.6 is 0 Å². The van der Waals surface area contributed by atoms with Crippen LogP contribution in [0.25, 0.3) is 11.1 Å². The van der Waals surface area contributed by atoms with Crippen molar-refractivity contribution in [2.75, 3.05) is 53.9 Å². The number of benzene rings is 3. The molecule has 2 atom stereocenters. The summed E-state index contributed by atoms with van der Waals surface area (Å²) >= 11 is 0. The average molecular weight is 828 g/mol. The maximum Gasteiger partial charge on any atom is 0.490 e. The van der Waals surface area contributed by atoms with Crippen molar-refractivity contribution in [3.05, 3.63) is 94.8 Å². The molecule has 0 bridgehead atoms. The number of amides is 1. The molecular weight excluding hydrogens is 777 g/mol. The van der Waals surface area contributed by atoms with Crippen molar-refractivity contribution in [3.63, 3.8) is 0 Å². The van der Waals surface area contributed by atoms with E-state index in [0.717, 1.165) is 61.4 Å². The van der Waals surface area contributed by atoms with Crippen LogP contribution < -0.4 is 34.6 Å². The molecule has 0 spiro atoms. The van der Waals surface area contributed by atoms with Crippen molar-refractivity contribution in [2.24, 2.45) is 0 Å². The number of hydrogen-bond donors (Lipinski definition) is 3. The third-order valence-electron chi connectivity index (χ3n) is 8.91. The first-order chi connectivity index (χ1) is 23.6. The highest BCUT2D eigenvalue weighted by atomic mass is 127. The first kappa shape index (κ1) is 42.3. The highest BCUT2D eigenvalue weighted by Crippen LogP contribution is 2.26. The first-order valence-electron chi connectivity index (χ1n) is 17.1. The number of carboxylic acids is 1. The van der Waals surface area contributed by atoms with Gasteiger partial charge in [0.1, 0.15) is 5.82 Å². The molecule has 1 amide bonds. The summed E-state index contributed by atoms with van der Waals surface area (Å²) in [5.74, 6) is -3.12. The number of piperazine rings is 1. The zero-order valence-electron chi connectivity index (χ0n) is 29.8. The fourth-order valence-corrected chi connectivity index (χ4v) is 6.59. The largest absolute Gasteiger partial charge is 1.00 e. The van der Waals surface area contributed by atoms with Gasteiger partial charge in [-0.25, -0.2) is 9.18 Å². The molecule has 2 fully saturated rings. The molecular formula is C38H50F4IN5O3. The highest BCUT2D eigenvalue weighted by molar-refractivity contribution is 5.94. The van der Waals surface area contributed by atoms with Gasteiger partial charge in [-0.15, -0.1) is 0 Å². The van der Waals surface area contributed by atoms with Gasteiger partial charge in [0.25, 0.3) is 5.91 Å². The maximum absolute atomic E-state index is 15.0. The summed E-state index contributed by atoms with van der Waals surface area (Å²) in [6.07, 6.45) is -1.34. The van der Waals surface area contributed by atoms with E-state index in [2.05, 4.69) is 66.7 Å². The van der Waals surface area contributed by atoms with Crippen LogP contribution in [0.1, 0.15) is 53.2 Å². The van der Waals surface area contributed by atoms with Crippen molar-refractivity contribution in [3.8, 4) is 11.1 Å². The third kappa shape index (κ3) is 13.8. The topological polar surface area (TPSA) is 84.9 Å². The molecule has 2 heterocycles. The Hall–Kier alpha value is -3.11. The van der Waals surface area contributed by atoms with Gasteiger partial charge in [0, 0.05) is 56.4 Å². The molecule has 3 aromatic carbocycles. The van der Waals surface area contributed by atoms with Crippen LogP contribution in [0.2, 0.25) is 0 Å². The number of nitrogens with zero attached hydrogens (tertiary/aromatic N) is 3. The minimum Gasteiger partial charge on any atom is -1.00 e. The van der Waals surface area contributed by atoms with Crippen LogP contribution in [-0.4, -0.2) is 103 Å². The van der Waals surface area contributed by atoms with Crippen molar-refractivity contribution in [2.45, 2.75) is 64.1 Å². The fraction of sp³-hybridized carbons (Fsp3) is 0.474. The molecule has 2 saturated heterocycles. The Bertz CT molecular complexity index is 1600. The number of nitrogens with one attached hydrogen (secondary N) is 2. The normalized spacial score (nSPS) is 18.6. The Morgan fingerprint density at radius 2 is 1.63 bits per heavy atom. The maximum atomic E-state index is 15.0. The summed E-state index contributed by atoms with van der Waals surface area (Å²) in [4.78, 5) is 27.1. The molecule has 0 radical (unpaired) electrons. The SMILES string of the molecule is C[C@H]1CN(Cc2cccc(-c3cc(CNC(=O)c4cccc(CN5CCCCC5C[N+](C)(C)C)c4)ccc3F)c2)CCN1.O=C(O)C(F)(F)F.[I-]. The summed E-state index contributed by atoms with van der Waals surface area (Å²) < 4.78 is 47.7. The predicted octanol–water partition coefficient (Wildman–Crippen LogP) is 2.91. The predicted molar refractivity (Wildman–Crippen MR) is 187 cm³/mol. The Balaban J connectivity index is 0.000000797. The monoisotopic (exact) mass is 827 g/mol. The quantitative estimate of drug-likeness (QED) is 0.166. The van der Waals surface area contributed by atoms with Crippen molar-refractivity contribution < 1.29 is 60.7 Å². The van der Waals surface area contributed by atoms with E-state index in [1.165, 1.54) is 36.5 Å². The number of likely N-dealkylation sites (tertiary alicyclic amines) is 1. The van der Waals surface area contributed by atoms with Gasteiger partial charge in [0.05, 0.1) is 33.7 Å². The number of aliphatic carboxylic acids is 1. The summed E-state index contributed by atoms with van der Waals surface area (Å²) in [7, 11) is 6.77. The Morgan fingerprint density at radius 1 is 0.941 bits per heavy atom. The zero-order valence-corrected chi connectivity index (χ0v) is 31.9. The zero-order chi connectivity index (χ0) is 36.5. The van der Waals surface area contributed by atoms with E-state index in [-0.39, 0.29) is 35.7 Å². The highest BCUT2D eigenvalue weighted by Gasteiger charge is 2.38. The second-order valence-corrected chi connectivity index (χ2v) is 14.4. The van der Waals surface area contributed by atoms with Crippen LogP contribution in [0.4, 0.5) is 17.6 Å². The molecule has 13 heteroatoms. The number of rotatable bonds is 10. The number of piperidine rings is 1. The van der Waals surface area contributed by atoms with Gasteiger partial charge >= 0.3 is 12.1 Å². The van der Waals surface area contributed by atoms with Crippen LogP contribution in [0.3, 0.4) is 0 Å². The Kier molecular flexibility index (Phi) is 15.8. The lowest BCUT2D eigenvalue weighted by molar-refractivity contribution is -0.872. The summed E-state index contributed by atoms with van der Waals surface area (Å²) in [6, 6.07) is 22.3. The standard InChI is InChI=1S/C36H48FN5O.C2HF3O2.HI/c1-27-23-40(18-16-38-27)24-29-9-7-11-31(19-29)34-21-28(14-15-35(34)37)22-39-36(43)32-12-8-10-30(20-32)25-41-17-6-5-13-33(41)26-42(2,3)4;3-2(4,5)1(6)7;/h7-12,14-15,19-21,27,33,38H,5-6,13,16-18,22-26H2,1-4H3;(H,6,7);1H/t27-,33?;;/m0../s1. The fourth-order valence-electron chi connectivity index (χ4n) is 6.59. The van der Waals surface area contributed by atoms with Gasteiger partial charge in [0.15, 0.2) is 0 Å². The number of quaternary nitrogens is 1. The van der Waals surface area contributed by atoms with Crippen LogP contribution in [0.5, 0.6) is 0 Å². The average Bonchev–Trinajstić information content (AvgIpc) is 3.04. The lowest BCUT2D eigenvalue weighted by Crippen LogP contribution is -3.00. The van der Waals surface area contributed by atoms with Gasteiger partial charge < -0.3 is 44.2 Å². The van der Waals surface area contributed by atoms with E-state index in [9.17, 15) is 18.0 Å². The van der Waals surface area contributed by atoms with E-state index in [1.54, 1.807) is 6.07 Å². The number of carboxylic acid groups (broad SMARTS) is 1. The number of alkyl halides is 3. The van der Waals surface area contributed by atoms with Gasteiger partial charge in [0.2, 0.25) is 0 Å². The van der Waals surface area contributed by atoms with Crippen LogP contribution in [0, 0.1) is 5.82 Å². The lowest BCUT2D eigenvalue weighted by atomic mass is 9.99. The second kappa shape index (κ2) is 19.1. The molecule has 280 valence electrons. The molecule has 2 aliphatic rings. The van der Waals surface area contributed by atoms with Crippen molar-refractivity contribution in [1.82, 2.24) is 20.4 Å². The Labute approximate surface area is 315 Å². The molecule has 3 aromatic rings. The molecule has 51 heavy (non-hydrogen) atoms. The van der Waals surface area contributed by atoms with E-state index in [4.69, 9.17) is 9.90 Å².